The molecular weight excluding hydrogens is 204 g/mol. The van der Waals surface area contributed by atoms with Gasteiger partial charge in [-0.3, -0.25) is 20.4 Å². The molecule has 0 aliphatic carbocycles. The van der Waals surface area contributed by atoms with Gasteiger partial charge >= 0.3 is 0 Å². The smallest absolute Gasteiger partial charge is 0.269 e. The molecule has 2 N–H and O–H groups in total. The summed E-state index contributed by atoms with van der Waals surface area (Å²) in [6.45, 7) is 6.32. The van der Waals surface area contributed by atoms with Gasteiger partial charge in [0.15, 0.2) is 0 Å². The van der Waals surface area contributed by atoms with Crippen molar-refractivity contribution < 1.29 is 9.59 Å². The number of benzene rings is 1. The van der Waals surface area contributed by atoms with E-state index in [2.05, 4.69) is 31.6 Å². The second-order valence-electron chi connectivity index (χ2n) is 4.54. The van der Waals surface area contributed by atoms with Crippen LogP contribution in [0.1, 0.15) is 36.7 Å². The number of carbonyl (C=O) groups excluding carboxylic acids is 2. The summed E-state index contributed by atoms with van der Waals surface area (Å²) in [6, 6.07) is 7.30. The molecule has 0 unspecified atom stereocenters. The van der Waals surface area contributed by atoms with Crippen LogP contribution in [0.3, 0.4) is 0 Å². The Morgan fingerprint density at radius 2 is 1.75 bits per heavy atom. The van der Waals surface area contributed by atoms with Crippen LogP contribution in [0.2, 0.25) is 0 Å². The summed E-state index contributed by atoms with van der Waals surface area (Å²) in [6.07, 6.45) is 0.418. The van der Waals surface area contributed by atoms with Crippen LogP contribution in [0, 0.1) is 0 Å². The molecule has 0 atom stereocenters. The van der Waals surface area contributed by atoms with E-state index in [1.54, 1.807) is 12.1 Å². The van der Waals surface area contributed by atoms with Gasteiger partial charge in [-0.1, -0.05) is 32.9 Å². The van der Waals surface area contributed by atoms with Crippen LogP contribution >= 0.6 is 0 Å². The number of amides is 2. The molecule has 0 saturated heterocycles. The molecule has 4 nitrogen and oxygen atoms in total. The lowest BCUT2D eigenvalue weighted by Gasteiger charge is -2.18. The first-order valence-corrected chi connectivity index (χ1v) is 5.05. The van der Waals surface area contributed by atoms with E-state index >= 15 is 0 Å². The Morgan fingerprint density at radius 3 is 2.19 bits per heavy atom. The summed E-state index contributed by atoms with van der Waals surface area (Å²) in [5, 5.41) is 0. The first-order chi connectivity index (χ1) is 7.45. The van der Waals surface area contributed by atoms with Crippen LogP contribution in [0.4, 0.5) is 0 Å². The minimum Gasteiger partial charge on any atom is -0.277 e. The minimum absolute atomic E-state index is 0.0655. The fourth-order valence-electron chi connectivity index (χ4n) is 1.29. The molecule has 0 heterocycles. The van der Waals surface area contributed by atoms with Gasteiger partial charge in [-0.25, -0.2) is 0 Å². The molecule has 0 saturated carbocycles. The summed E-state index contributed by atoms with van der Waals surface area (Å²) in [4.78, 5) is 21.4. The van der Waals surface area contributed by atoms with Crippen LogP contribution in [0.15, 0.2) is 24.3 Å². The Labute approximate surface area is 95.0 Å². The van der Waals surface area contributed by atoms with E-state index in [1.165, 1.54) is 0 Å². The zero-order valence-electron chi connectivity index (χ0n) is 9.70. The summed E-state index contributed by atoms with van der Waals surface area (Å²) < 4.78 is 0. The van der Waals surface area contributed by atoms with E-state index in [1.807, 2.05) is 12.1 Å². The molecule has 0 aliphatic rings. The van der Waals surface area contributed by atoms with Crippen molar-refractivity contribution >= 4 is 12.3 Å². The van der Waals surface area contributed by atoms with Crippen molar-refractivity contribution in [1.29, 1.82) is 0 Å². The SMILES string of the molecule is CC(C)(C)c1ccc(C(=O)NNC=O)cc1. The fourth-order valence-corrected chi connectivity index (χ4v) is 1.29. The van der Waals surface area contributed by atoms with Crippen molar-refractivity contribution in [3.63, 3.8) is 0 Å². The summed E-state index contributed by atoms with van der Waals surface area (Å²) >= 11 is 0. The molecule has 4 heteroatoms. The maximum atomic E-state index is 11.4. The molecule has 2 amide bonds. The highest BCUT2D eigenvalue weighted by molar-refractivity contribution is 5.94. The molecule has 0 fully saturated rings. The second kappa shape index (κ2) is 4.79. The third-order valence-corrected chi connectivity index (χ3v) is 2.26. The number of hydrogen-bond acceptors (Lipinski definition) is 2. The average Bonchev–Trinajstić information content (AvgIpc) is 2.25. The van der Waals surface area contributed by atoms with E-state index in [4.69, 9.17) is 0 Å². The van der Waals surface area contributed by atoms with Gasteiger partial charge < -0.3 is 0 Å². The highest BCUT2D eigenvalue weighted by atomic mass is 16.2. The Bertz CT molecular complexity index is 377. The lowest BCUT2D eigenvalue weighted by atomic mass is 9.87. The first kappa shape index (κ1) is 12.2. The number of hydrogen-bond donors (Lipinski definition) is 2. The molecule has 1 aromatic carbocycles. The number of carbonyl (C=O) groups is 2. The standard InChI is InChI=1S/C12H16N2O2/c1-12(2,3)10-6-4-9(5-7-10)11(16)14-13-8-15/h4-8H,1-3H3,(H,13,15)(H,14,16). The van der Waals surface area contributed by atoms with Gasteiger partial charge in [0.1, 0.15) is 0 Å². The Morgan fingerprint density at radius 1 is 1.19 bits per heavy atom. The highest BCUT2D eigenvalue weighted by Gasteiger charge is 2.13. The van der Waals surface area contributed by atoms with E-state index in [0.717, 1.165) is 5.56 Å². The van der Waals surface area contributed by atoms with Gasteiger partial charge in [0.25, 0.3) is 5.91 Å². The molecular formula is C12H16N2O2. The quantitative estimate of drug-likeness (QED) is 0.597. The van der Waals surface area contributed by atoms with Gasteiger partial charge in [0.2, 0.25) is 6.41 Å². The normalized spacial score (nSPS) is 10.7. The van der Waals surface area contributed by atoms with Crippen molar-refractivity contribution in [1.82, 2.24) is 10.9 Å². The van der Waals surface area contributed by atoms with Gasteiger partial charge in [-0.15, -0.1) is 0 Å². The highest BCUT2D eigenvalue weighted by Crippen LogP contribution is 2.21. The molecule has 16 heavy (non-hydrogen) atoms. The lowest BCUT2D eigenvalue weighted by molar-refractivity contribution is -0.110. The summed E-state index contributed by atoms with van der Waals surface area (Å²) in [5.74, 6) is -0.326. The fraction of sp³-hybridized carbons (Fsp3) is 0.333. The molecule has 0 aliphatic heterocycles. The van der Waals surface area contributed by atoms with Crippen LogP contribution in [0.5, 0.6) is 0 Å². The third kappa shape index (κ3) is 3.08. The number of nitrogens with one attached hydrogen (secondary N) is 2. The average molecular weight is 220 g/mol. The maximum Gasteiger partial charge on any atom is 0.269 e. The molecule has 0 aromatic heterocycles. The third-order valence-electron chi connectivity index (χ3n) is 2.26. The molecule has 0 bridgehead atoms. The largest absolute Gasteiger partial charge is 0.277 e. The monoisotopic (exact) mass is 220 g/mol. The van der Waals surface area contributed by atoms with Crippen molar-refractivity contribution in [3.8, 4) is 0 Å². The van der Waals surface area contributed by atoms with Gasteiger partial charge in [0, 0.05) is 5.56 Å². The summed E-state index contributed by atoms with van der Waals surface area (Å²) in [7, 11) is 0. The van der Waals surface area contributed by atoms with Crippen molar-refractivity contribution in [2.24, 2.45) is 0 Å². The number of hydrazine groups is 1. The van der Waals surface area contributed by atoms with E-state index < -0.39 is 0 Å². The first-order valence-electron chi connectivity index (χ1n) is 5.05. The van der Waals surface area contributed by atoms with Crippen molar-refractivity contribution in [3.05, 3.63) is 35.4 Å². The van der Waals surface area contributed by atoms with Gasteiger partial charge in [-0.05, 0) is 23.1 Å². The molecule has 86 valence electrons. The minimum atomic E-state index is -0.326. The Kier molecular flexibility index (Phi) is 3.66. The van der Waals surface area contributed by atoms with E-state index in [9.17, 15) is 9.59 Å². The van der Waals surface area contributed by atoms with Crippen LogP contribution in [-0.2, 0) is 10.2 Å². The molecule has 0 radical (unpaired) electrons. The van der Waals surface area contributed by atoms with Gasteiger partial charge in [-0.2, -0.15) is 0 Å². The Balaban J connectivity index is 2.79. The predicted molar refractivity (Wildman–Crippen MR) is 61.8 cm³/mol. The molecule has 1 aromatic rings. The van der Waals surface area contributed by atoms with E-state index in [0.29, 0.717) is 12.0 Å². The zero-order valence-corrected chi connectivity index (χ0v) is 9.70. The van der Waals surface area contributed by atoms with Crippen molar-refractivity contribution in [2.45, 2.75) is 26.2 Å². The predicted octanol–water partition coefficient (Wildman–Crippen LogP) is 1.37. The Hall–Kier alpha value is -1.84. The molecule has 0 spiro atoms. The van der Waals surface area contributed by atoms with Crippen molar-refractivity contribution in [2.75, 3.05) is 0 Å². The lowest BCUT2D eigenvalue weighted by Crippen LogP contribution is -2.36. The molecule has 1 rings (SSSR count). The van der Waals surface area contributed by atoms with Crippen LogP contribution in [0.25, 0.3) is 0 Å². The van der Waals surface area contributed by atoms with Gasteiger partial charge in [0.05, 0.1) is 0 Å². The maximum absolute atomic E-state index is 11.4. The zero-order chi connectivity index (χ0) is 12.2. The van der Waals surface area contributed by atoms with E-state index in [-0.39, 0.29) is 11.3 Å². The van der Waals surface area contributed by atoms with Crippen LogP contribution < -0.4 is 10.9 Å². The van der Waals surface area contributed by atoms with Crippen LogP contribution in [-0.4, -0.2) is 12.3 Å². The second-order valence-corrected chi connectivity index (χ2v) is 4.54. The topological polar surface area (TPSA) is 58.2 Å². The summed E-state index contributed by atoms with van der Waals surface area (Å²) in [5.41, 5.74) is 6.10. The number of rotatable bonds is 3.